The van der Waals surface area contributed by atoms with Crippen molar-refractivity contribution in [1.29, 1.82) is 0 Å². The minimum absolute atomic E-state index is 0.0733. The Morgan fingerprint density at radius 3 is 2.57 bits per heavy atom. The van der Waals surface area contributed by atoms with E-state index in [1.807, 2.05) is 0 Å². The number of fused-ring (bicyclic) bond motifs is 1. The third kappa shape index (κ3) is 4.84. The maximum Gasteiger partial charge on any atom is 0.338 e. The second-order valence-electron chi connectivity index (χ2n) is 6.50. The Kier molecular flexibility index (Phi) is 6.81. The molecule has 30 heavy (non-hydrogen) atoms. The summed E-state index contributed by atoms with van der Waals surface area (Å²) in [6.07, 6.45) is 0.513. The van der Waals surface area contributed by atoms with Gasteiger partial charge in [-0.05, 0) is 42.8 Å². The number of ether oxygens (including phenoxy) is 2. The maximum absolute atomic E-state index is 12.5. The second-order valence-corrected chi connectivity index (χ2v) is 6.94. The number of benzene rings is 2. The van der Waals surface area contributed by atoms with E-state index in [1.54, 1.807) is 24.3 Å². The van der Waals surface area contributed by atoms with E-state index in [1.165, 1.54) is 25.3 Å². The van der Waals surface area contributed by atoms with E-state index in [0.717, 1.165) is 4.90 Å². The van der Waals surface area contributed by atoms with Gasteiger partial charge in [0.05, 0.1) is 16.7 Å². The van der Waals surface area contributed by atoms with Gasteiger partial charge in [-0.1, -0.05) is 17.7 Å². The van der Waals surface area contributed by atoms with Gasteiger partial charge in [0.25, 0.3) is 17.7 Å². The Balaban J connectivity index is 1.61. The quantitative estimate of drug-likeness (QED) is 0.392. The van der Waals surface area contributed by atoms with Crippen LogP contribution in [0.3, 0.4) is 0 Å². The van der Waals surface area contributed by atoms with E-state index in [-0.39, 0.29) is 23.2 Å². The molecule has 0 radical (unpaired) electrons. The topological polar surface area (TPSA) is 102 Å². The number of methoxy groups -OCH3 is 1. The fourth-order valence-electron chi connectivity index (χ4n) is 2.97. The highest BCUT2D eigenvalue weighted by Gasteiger charge is 2.35. The Hall–Kier alpha value is -3.23. The van der Waals surface area contributed by atoms with Crippen LogP contribution in [0, 0.1) is 0 Å². The number of rotatable bonds is 8. The molecule has 0 atom stereocenters. The monoisotopic (exact) mass is 430 g/mol. The first-order valence-corrected chi connectivity index (χ1v) is 9.50. The highest BCUT2D eigenvalue weighted by molar-refractivity contribution is 6.30. The van der Waals surface area contributed by atoms with Crippen molar-refractivity contribution in [3.8, 4) is 0 Å². The van der Waals surface area contributed by atoms with Gasteiger partial charge in [-0.25, -0.2) is 4.79 Å². The first-order valence-electron chi connectivity index (χ1n) is 9.12. The average Bonchev–Trinajstić information content (AvgIpc) is 2.96. The van der Waals surface area contributed by atoms with E-state index >= 15 is 0 Å². The zero-order valence-corrected chi connectivity index (χ0v) is 16.9. The summed E-state index contributed by atoms with van der Waals surface area (Å²) in [5, 5.41) is 3.01. The largest absolute Gasteiger partial charge is 0.452 e. The highest BCUT2D eigenvalue weighted by Crippen LogP contribution is 2.24. The lowest BCUT2D eigenvalue weighted by Gasteiger charge is -2.12. The molecule has 0 aliphatic carbocycles. The van der Waals surface area contributed by atoms with Crippen LogP contribution in [-0.4, -0.2) is 55.5 Å². The van der Waals surface area contributed by atoms with Gasteiger partial charge in [0.1, 0.15) is 0 Å². The van der Waals surface area contributed by atoms with Crippen LogP contribution in [0.5, 0.6) is 0 Å². The van der Waals surface area contributed by atoms with Gasteiger partial charge in [0.2, 0.25) is 0 Å². The molecule has 0 fully saturated rings. The summed E-state index contributed by atoms with van der Waals surface area (Å²) in [7, 11) is 1.54. The van der Waals surface area contributed by atoms with Crippen LogP contribution >= 0.6 is 11.6 Å². The molecule has 0 spiro atoms. The van der Waals surface area contributed by atoms with Crippen LogP contribution in [0.2, 0.25) is 5.02 Å². The van der Waals surface area contributed by atoms with Crippen molar-refractivity contribution < 1.29 is 28.7 Å². The third-order valence-corrected chi connectivity index (χ3v) is 4.61. The molecule has 2 aromatic rings. The van der Waals surface area contributed by atoms with Crippen molar-refractivity contribution in [3.63, 3.8) is 0 Å². The molecule has 1 heterocycles. The molecule has 1 aliphatic heterocycles. The number of nitrogens with one attached hydrogen (secondary N) is 1. The van der Waals surface area contributed by atoms with E-state index < -0.39 is 30.3 Å². The number of esters is 1. The molecule has 0 saturated heterocycles. The molecule has 1 aliphatic rings. The number of hydrogen-bond donors (Lipinski definition) is 1. The molecule has 3 amide bonds. The van der Waals surface area contributed by atoms with Crippen molar-refractivity contribution in [1.82, 2.24) is 4.90 Å². The summed E-state index contributed by atoms with van der Waals surface area (Å²) in [4.78, 5) is 50.3. The van der Waals surface area contributed by atoms with E-state index in [0.29, 0.717) is 23.7 Å². The number of anilines is 1. The molecule has 9 heteroatoms. The Bertz CT molecular complexity index is 1010. The van der Waals surface area contributed by atoms with Crippen LogP contribution in [0.25, 0.3) is 0 Å². The number of nitrogens with zero attached hydrogens (tertiary/aromatic N) is 1. The van der Waals surface area contributed by atoms with E-state index in [9.17, 15) is 19.2 Å². The minimum atomic E-state index is -0.780. The third-order valence-electron chi connectivity index (χ3n) is 4.38. The lowest BCUT2D eigenvalue weighted by molar-refractivity contribution is -0.119. The highest BCUT2D eigenvalue weighted by atomic mass is 35.5. The van der Waals surface area contributed by atoms with Crippen molar-refractivity contribution in [3.05, 3.63) is 64.2 Å². The minimum Gasteiger partial charge on any atom is -0.452 e. The van der Waals surface area contributed by atoms with Gasteiger partial charge in [-0.3, -0.25) is 19.3 Å². The summed E-state index contributed by atoms with van der Waals surface area (Å²) in [6, 6.07) is 10.6. The second kappa shape index (κ2) is 9.51. The summed E-state index contributed by atoms with van der Waals surface area (Å²) < 4.78 is 9.95. The molecule has 0 unspecified atom stereocenters. The van der Waals surface area contributed by atoms with E-state index in [4.69, 9.17) is 21.1 Å². The summed E-state index contributed by atoms with van der Waals surface area (Å²) in [6.45, 7) is 0.129. The number of hydrogen-bond acceptors (Lipinski definition) is 6. The number of carbonyl (C=O) groups is 4. The number of amides is 3. The fraction of sp³-hybridized carbons (Fsp3) is 0.238. The molecule has 156 valence electrons. The summed E-state index contributed by atoms with van der Waals surface area (Å²) in [5.74, 6) is -2.20. The molecule has 8 nitrogen and oxygen atoms in total. The van der Waals surface area contributed by atoms with Gasteiger partial charge in [-0.2, -0.15) is 0 Å². The smallest absolute Gasteiger partial charge is 0.338 e. The number of carbonyl (C=O) groups excluding carboxylic acids is 4. The van der Waals surface area contributed by atoms with Gasteiger partial charge in [0, 0.05) is 31.0 Å². The lowest BCUT2D eigenvalue weighted by Crippen LogP contribution is -2.31. The maximum atomic E-state index is 12.5. The molecule has 0 saturated carbocycles. The SMILES string of the molecule is COCCCN1C(=O)c2ccc(C(=O)OCC(=O)Nc3cccc(Cl)c3)cc2C1=O. The fourth-order valence-corrected chi connectivity index (χ4v) is 3.16. The predicted octanol–water partition coefficient (Wildman–Crippen LogP) is 2.77. The molecule has 2 aromatic carbocycles. The first kappa shape index (κ1) is 21.5. The molecule has 3 rings (SSSR count). The van der Waals surface area contributed by atoms with Gasteiger partial charge >= 0.3 is 5.97 Å². The van der Waals surface area contributed by atoms with Crippen LogP contribution in [0.1, 0.15) is 37.5 Å². The Morgan fingerprint density at radius 1 is 1.07 bits per heavy atom. The Morgan fingerprint density at radius 2 is 1.83 bits per heavy atom. The average molecular weight is 431 g/mol. The zero-order valence-electron chi connectivity index (χ0n) is 16.1. The van der Waals surface area contributed by atoms with Crippen LogP contribution < -0.4 is 5.32 Å². The summed E-state index contributed by atoms with van der Waals surface area (Å²) in [5.41, 5.74) is 0.908. The van der Waals surface area contributed by atoms with Crippen molar-refractivity contribution in [2.45, 2.75) is 6.42 Å². The van der Waals surface area contributed by atoms with Crippen molar-refractivity contribution in [2.24, 2.45) is 0 Å². The molecule has 0 bridgehead atoms. The number of imide groups is 1. The van der Waals surface area contributed by atoms with Crippen molar-refractivity contribution in [2.75, 3.05) is 32.2 Å². The van der Waals surface area contributed by atoms with E-state index in [2.05, 4.69) is 5.32 Å². The van der Waals surface area contributed by atoms with Crippen LogP contribution in [-0.2, 0) is 14.3 Å². The first-order chi connectivity index (χ1) is 14.4. The molecule has 0 aromatic heterocycles. The molecular formula is C21H19ClN2O6. The standard InChI is InChI=1S/C21H19ClN2O6/c1-29-9-3-8-24-19(26)16-7-6-13(10-17(16)20(24)27)21(28)30-12-18(25)23-15-5-2-4-14(22)11-15/h2,4-7,10-11H,3,8-9,12H2,1H3,(H,23,25). The van der Waals surface area contributed by atoms with Crippen LogP contribution in [0.4, 0.5) is 5.69 Å². The van der Waals surface area contributed by atoms with Gasteiger partial charge < -0.3 is 14.8 Å². The van der Waals surface area contributed by atoms with Gasteiger partial charge in [-0.15, -0.1) is 0 Å². The Labute approximate surface area is 177 Å². The normalized spacial score (nSPS) is 12.7. The molecule has 1 N–H and O–H groups in total. The number of halogens is 1. The van der Waals surface area contributed by atoms with Crippen molar-refractivity contribution >= 4 is 41.0 Å². The lowest BCUT2D eigenvalue weighted by atomic mass is 10.1. The predicted molar refractivity (Wildman–Crippen MR) is 109 cm³/mol. The van der Waals surface area contributed by atoms with Crippen LogP contribution in [0.15, 0.2) is 42.5 Å². The summed E-state index contributed by atoms with van der Waals surface area (Å²) >= 11 is 5.85. The van der Waals surface area contributed by atoms with Gasteiger partial charge in [0.15, 0.2) is 6.61 Å². The molecular weight excluding hydrogens is 412 g/mol. The zero-order chi connectivity index (χ0) is 21.7.